The van der Waals surface area contributed by atoms with Crippen LogP contribution in [0.4, 0.5) is 0 Å². The number of aliphatic hydroxyl groups excluding tert-OH is 1. The molecular formula is C19H28N2O3S. The van der Waals surface area contributed by atoms with Crippen LogP contribution in [0.3, 0.4) is 0 Å². The van der Waals surface area contributed by atoms with Crippen LogP contribution in [0.5, 0.6) is 11.5 Å². The quantitative estimate of drug-likeness (QED) is 0.506. The molecule has 0 aliphatic heterocycles. The highest BCUT2D eigenvalue weighted by molar-refractivity contribution is 7.09. The van der Waals surface area contributed by atoms with Gasteiger partial charge in [-0.1, -0.05) is 12.1 Å². The van der Waals surface area contributed by atoms with E-state index in [-0.39, 0.29) is 6.10 Å². The molecule has 0 spiro atoms. The Morgan fingerprint density at radius 3 is 2.68 bits per heavy atom. The predicted molar refractivity (Wildman–Crippen MR) is 103 cm³/mol. The van der Waals surface area contributed by atoms with Gasteiger partial charge in [0.05, 0.1) is 12.7 Å². The molecule has 25 heavy (non-hydrogen) atoms. The van der Waals surface area contributed by atoms with Gasteiger partial charge in [-0.3, -0.25) is 0 Å². The molecule has 0 aliphatic rings. The number of hydrogen-bond acceptors (Lipinski definition) is 6. The zero-order valence-electron chi connectivity index (χ0n) is 15.0. The maximum Gasteiger partial charge on any atom is 0.161 e. The van der Waals surface area contributed by atoms with E-state index in [9.17, 15) is 5.11 Å². The fraction of sp³-hybridized carbons (Fsp3) is 0.474. The fourth-order valence-electron chi connectivity index (χ4n) is 2.31. The minimum absolute atomic E-state index is 0.310. The molecule has 3 N–H and O–H groups in total. The molecule has 0 amide bonds. The predicted octanol–water partition coefficient (Wildman–Crippen LogP) is 2.79. The smallest absolute Gasteiger partial charge is 0.161 e. The van der Waals surface area contributed by atoms with E-state index in [1.54, 1.807) is 18.3 Å². The summed E-state index contributed by atoms with van der Waals surface area (Å²) in [6, 6.07) is 10.2. The lowest BCUT2D eigenvalue weighted by molar-refractivity contribution is 0.191. The van der Waals surface area contributed by atoms with Crippen molar-refractivity contribution in [1.29, 1.82) is 0 Å². The van der Waals surface area contributed by atoms with Gasteiger partial charge in [-0.25, -0.2) is 0 Å². The highest BCUT2D eigenvalue weighted by atomic mass is 32.1. The third-order valence-corrected chi connectivity index (χ3v) is 4.36. The summed E-state index contributed by atoms with van der Waals surface area (Å²) in [6.45, 7) is 7.96. The second-order valence-corrected chi connectivity index (χ2v) is 6.84. The molecule has 0 unspecified atom stereocenters. The Kier molecular flexibility index (Phi) is 8.76. The standard InChI is InChI=1S/C19H28N2O3S/c1-3-23-19-11-16(13-21-9-8-20-12-15(2)22)6-7-18(19)24-14-17-5-4-10-25-17/h4-7,10-11,15,20-22H,3,8-9,12-14H2,1-2H3/t15-/m0/s1. The maximum absolute atomic E-state index is 9.19. The monoisotopic (exact) mass is 364 g/mol. The van der Waals surface area contributed by atoms with Gasteiger partial charge in [0.15, 0.2) is 11.5 Å². The molecule has 1 heterocycles. The number of hydrogen-bond donors (Lipinski definition) is 3. The van der Waals surface area contributed by atoms with Gasteiger partial charge < -0.3 is 25.2 Å². The van der Waals surface area contributed by atoms with Gasteiger partial charge in [-0.05, 0) is 43.0 Å². The Bertz CT molecular complexity index is 603. The number of rotatable bonds is 12. The molecule has 1 atom stereocenters. The van der Waals surface area contributed by atoms with E-state index in [4.69, 9.17) is 9.47 Å². The Balaban J connectivity index is 1.82. The first-order valence-corrected chi connectivity index (χ1v) is 9.57. The van der Waals surface area contributed by atoms with E-state index in [2.05, 4.69) is 22.8 Å². The lowest BCUT2D eigenvalue weighted by Crippen LogP contribution is -2.31. The number of thiophene rings is 1. The summed E-state index contributed by atoms with van der Waals surface area (Å²) < 4.78 is 11.6. The van der Waals surface area contributed by atoms with Gasteiger partial charge in [-0.15, -0.1) is 11.3 Å². The van der Waals surface area contributed by atoms with Crippen LogP contribution in [-0.4, -0.2) is 37.5 Å². The normalized spacial score (nSPS) is 12.1. The van der Waals surface area contributed by atoms with E-state index < -0.39 is 0 Å². The summed E-state index contributed by atoms with van der Waals surface area (Å²) in [5, 5.41) is 17.8. The van der Waals surface area contributed by atoms with Crippen LogP contribution in [0, 0.1) is 0 Å². The van der Waals surface area contributed by atoms with E-state index in [0.29, 0.717) is 19.8 Å². The van der Waals surface area contributed by atoms with Gasteiger partial charge in [0, 0.05) is 31.1 Å². The van der Waals surface area contributed by atoms with Gasteiger partial charge in [0.25, 0.3) is 0 Å². The first-order chi connectivity index (χ1) is 12.2. The summed E-state index contributed by atoms with van der Waals surface area (Å²) in [5.74, 6) is 1.56. The van der Waals surface area contributed by atoms with Crippen molar-refractivity contribution in [3.8, 4) is 11.5 Å². The minimum Gasteiger partial charge on any atom is -0.490 e. The van der Waals surface area contributed by atoms with E-state index in [1.807, 2.05) is 30.5 Å². The number of ether oxygens (including phenoxy) is 2. The van der Waals surface area contributed by atoms with Crippen LogP contribution in [0.25, 0.3) is 0 Å². The molecule has 1 aromatic heterocycles. The van der Waals surface area contributed by atoms with Crippen molar-refractivity contribution in [2.75, 3.05) is 26.2 Å². The Morgan fingerprint density at radius 1 is 1.12 bits per heavy atom. The Labute approximate surface area is 154 Å². The molecule has 2 rings (SSSR count). The summed E-state index contributed by atoms with van der Waals surface area (Å²) in [7, 11) is 0. The highest BCUT2D eigenvalue weighted by Crippen LogP contribution is 2.29. The summed E-state index contributed by atoms with van der Waals surface area (Å²) >= 11 is 1.69. The molecule has 0 fully saturated rings. The number of aliphatic hydroxyl groups is 1. The van der Waals surface area contributed by atoms with Crippen molar-refractivity contribution in [3.63, 3.8) is 0 Å². The molecule has 6 heteroatoms. The first kappa shape index (κ1) is 19.7. The second kappa shape index (κ2) is 11.1. The largest absolute Gasteiger partial charge is 0.490 e. The first-order valence-electron chi connectivity index (χ1n) is 8.69. The van der Waals surface area contributed by atoms with Crippen molar-refractivity contribution in [1.82, 2.24) is 10.6 Å². The average Bonchev–Trinajstić information content (AvgIpc) is 3.11. The van der Waals surface area contributed by atoms with Crippen molar-refractivity contribution < 1.29 is 14.6 Å². The SMILES string of the molecule is CCOc1cc(CNCCNC[C@H](C)O)ccc1OCc1cccs1. The number of nitrogens with one attached hydrogen (secondary N) is 2. The van der Waals surface area contributed by atoms with Crippen LogP contribution in [-0.2, 0) is 13.2 Å². The highest BCUT2D eigenvalue weighted by Gasteiger charge is 2.07. The zero-order valence-corrected chi connectivity index (χ0v) is 15.8. The molecule has 0 bridgehead atoms. The van der Waals surface area contributed by atoms with Crippen molar-refractivity contribution >= 4 is 11.3 Å². The third-order valence-electron chi connectivity index (χ3n) is 3.51. The molecule has 0 aliphatic carbocycles. The zero-order chi connectivity index (χ0) is 17.9. The molecule has 1 aromatic carbocycles. The molecule has 0 saturated carbocycles. The lowest BCUT2D eigenvalue weighted by Gasteiger charge is -2.13. The van der Waals surface area contributed by atoms with E-state index in [1.165, 1.54) is 4.88 Å². The molecule has 0 saturated heterocycles. The van der Waals surface area contributed by atoms with Crippen molar-refractivity contribution in [2.45, 2.75) is 33.1 Å². The van der Waals surface area contributed by atoms with Crippen molar-refractivity contribution in [2.24, 2.45) is 0 Å². The second-order valence-electron chi connectivity index (χ2n) is 5.81. The topological polar surface area (TPSA) is 62.8 Å². The molecule has 0 radical (unpaired) electrons. The molecule has 138 valence electrons. The Hall–Kier alpha value is -1.60. The number of benzene rings is 1. The lowest BCUT2D eigenvalue weighted by atomic mass is 10.2. The van der Waals surface area contributed by atoms with Gasteiger partial charge in [0.1, 0.15) is 6.61 Å². The minimum atomic E-state index is -0.310. The molecule has 5 nitrogen and oxygen atoms in total. The van der Waals surface area contributed by atoms with E-state index >= 15 is 0 Å². The van der Waals surface area contributed by atoms with Crippen LogP contribution in [0.2, 0.25) is 0 Å². The Morgan fingerprint density at radius 2 is 1.96 bits per heavy atom. The third kappa shape index (κ3) is 7.44. The van der Waals surface area contributed by atoms with Crippen LogP contribution >= 0.6 is 11.3 Å². The summed E-state index contributed by atoms with van der Waals surface area (Å²) in [6.07, 6.45) is -0.310. The van der Waals surface area contributed by atoms with Crippen molar-refractivity contribution in [3.05, 3.63) is 46.2 Å². The van der Waals surface area contributed by atoms with Gasteiger partial charge in [0.2, 0.25) is 0 Å². The summed E-state index contributed by atoms with van der Waals surface area (Å²) in [4.78, 5) is 1.19. The summed E-state index contributed by atoms with van der Waals surface area (Å²) in [5.41, 5.74) is 1.16. The maximum atomic E-state index is 9.19. The fourth-order valence-corrected chi connectivity index (χ4v) is 2.93. The van der Waals surface area contributed by atoms with Crippen LogP contribution in [0.1, 0.15) is 24.3 Å². The molecular weight excluding hydrogens is 336 g/mol. The van der Waals surface area contributed by atoms with Crippen LogP contribution in [0.15, 0.2) is 35.7 Å². The van der Waals surface area contributed by atoms with E-state index in [0.717, 1.165) is 36.7 Å². The van der Waals surface area contributed by atoms with Gasteiger partial charge in [-0.2, -0.15) is 0 Å². The van der Waals surface area contributed by atoms with Gasteiger partial charge >= 0.3 is 0 Å². The molecule has 2 aromatic rings. The average molecular weight is 365 g/mol. The van der Waals surface area contributed by atoms with Crippen LogP contribution < -0.4 is 20.1 Å².